The SMILES string of the molecule is Cc1ccccc1C(=O)Nc1ccc([C]=O)cc1. The van der Waals surface area contributed by atoms with E-state index in [2.05, 4.69) is 5.32 Å². The van der Waals surface area contributed by atoms with Crippen LogP contribution in [0, 0.1) is 6.92 Å². The van der Waals surface area contributed by atoms with Gasteiger partial charge in [0.15, 0.2) is 0 Å². The molecule has 0 fully saturated rings. The number of aryl methyl sites for hydroxylation is 1. The van der Waals surface area contributed by atoms with Gasteiger partial charge in [-0.25, -0.2) is 0 Å². The summed E-state index contributed by atoms with van der Waals surface area (Å²) in [5.74, 6) is -0.157. The maximum atomic E-state index is 12.0. The first kappa shape index (κ1) is 12.0. The number of amides is 1. The Labute approximate surface area is 105 Å². The minimum Gasteiger partial charge on any atom is -0.322 e. The summed E-state index contributed by atoms with van der Waals surface area (Å²) in [6.07, 6.45) is 1.79. The Morgan fingerprint density at radius 1 is 1.06 bits per heavy atom. The summed E-state index contributed by atoms with van der Waals surface area (Å²) >= 11 is 0. The molecule has 3 heteroatoms. The van der Waals surface area contributed by atoms with E-state index in [4.69, 9.17) is 0 Å². The fourth-order valence-corrected chi connectivity index (χ4v) is 1.65. The Bertz CT molecular complexity index is 573. The third kappa shape index (κ3) is 2.63. The van der Waals surface area contributed by atoms with Gasteiger partial charge < -0.3 is 5.32 Å². The predicted octanol–water partition coefficient (Wildman–Crippen LogP) is 2.71. The average Bonchev–Trinajstić information content (AvgIpc) is 2.40. The molecule has 0 unspecified atom stereocenters. The van der Waals surface area contributed by atoms with Gasteiger partial charge in [-0.05, 0) is 42.8 Å². The van der Waals surface area contributed by atoms with Gasteiger partial charge in [0.25, 0.3) is 5.91 Å². The lowest BCUT2D eigenvalue weighted by atomic mass is 10.1. The van der Waals surface area contributed by atoms with E-state index in [1.54, 1.807) is 36.6 Å². The molecule has 0 saturated heterocycles. The normalized spacial score (nSPS) is 9.83. The van der Waals surface area contributed by atoms with E-state index in [1.165, 1.54) is 0 Å². The highest BCUT2D eigenvalue weighted by Crippen LogP contribution is 2.12. The maximum absolute atomic E-state index is 12.0. The molecular formula is C15H12NO2. The van der Waals surface area contributed by atoms with E-state index in [0.717, 1.165) is 5.56 Å². The topological polar surface area (TPSA) is 46.2 Å². The van der Waals surface area contributed by atoms with Crippen molar-refractivity contribution in [1.82, 2.24) is 0 Å². The van der Waals surface area contributed by atoms with Gasteiger partial charge in [-0.3, -0.25) is 9.59 Å². The van der Waals surface area contributed by atoms with Crippen molar-refractivity contribution in [2.45, 2.75) is 6.92 Å². The van der Waals surface area contributed by atoms with Crippen LogP contribution in [0.25, 0.3) is 0 Å². The number of carbonyl (C=O) groups excluding carboxylic acids is 2. The van der Waals surface area contributed by atoms with Gasteiger partial charge >= 0.3 is 0 Å². The first-order valence-electron chi connectivity index (χ1n) is 5.56. The van der Waals surface area contributed by atoms with Crippen LogP contribution in [0.4, 0.5) is 5.69 Å². The number of nitrogens with one attached hydrogen (secondary N) is 1. The van der Waals surface area contributed by atoms with Crippen LogP contribution in [0.2, 0.25) is 0 Å². The first-order chi connectivity index (χ1) is 8.70. The van der Waals surface area contributed by atoms with Crippen molar-refractivity contribution in [2.75, 3.05) is 5.32 Å². The Morgan fingerprint density at radius 2 is 1.72 bits per heavy atom. The van der Waals surface area contributed by atoms with Crippen molar-refractivity contribution in [1.29, 1.82) is 0 Å². The zero-order chi connectivity index (χ0) is 13.0. The fraction of sp³-hybridized carbons (Fsp3) is 0.0667. The van der Waals surface area contributed by atoms with Crippen LogP contribution >= 0.6 is 0 Å². The van der Waals surface area contributed by atoms with Crippen molar-refractivity contribution in [2.24, 2.45) is 0 Å². The monoisotopic (exact) mass is 238 g/mol. The number of anilines is 1. The molecule has 1 radical (unpaired) electrons. The van der Waals surface area contributed by atoms with Crippen LogP contribution in [0.3, 0.4) is 0 Å². The molecule has 2 aromatic carbocycles. The van der Waals surface area contributed by atoms with Crippen molar-refractivity contribution in [3.05, 3.63) is 65.2 Å². The molecule has 0 aromatic heterocycles. The van der Waals surface area contributed by atoms with Crippen LogP contribution in [0.1, 0.15) is 21.5 Å². The Balaban J connectivity index is 2.16. The number of carbonyl (C=O) groups is 1. The van der Waals surface area contributed by atoms with Crippen molar-refractivity contribution >= 4 is 17.9 Å². The van der Waals surface area contributed by atoms with Gasteiger partial charge in [0, 0.05) is 16.8 Å². The summed E-state index contributed by atoms with van der Waals surface area (Å²) < 4.78 is 0. The smallest absolute Gasteiger partial charge is 0.255 e. The number of hydrogen-bond acceptors (Lipinski definition) is 2. The van der Waals surface area contributed by atoms with Gasteiger partial charge in [0.05, 0.1) is 0 Å². The number of benzene rings is 2. The van der Waals surface area contributed by atoms with Gasteiger partial charge in [-0.2, -0.15) is 0 Å². The molecule has 89 valence electrons. The highest BCUT2D eigenvalue weighted by Gasteiger charge is 2.08. The molecule has 0 heterocycles. The van der Waals surface area contributed by atoms with E-state index >= 15 is 0 Å². The molecule has 0 aliphatic carbocycles. The Morgan fingerprint density at radius 3 is 2.33 bits per heavy atom. The van der Waals surface area contributed by atoms with Crippen LogP contribution in [0.5, 0.6) is 0 Å². The molecular weight excluding hydrogens is 226 g/mol. The van der Waals surface area contributed by atoms with Crippen molar-refractivity contribution in [3.63, 3.8) is 0 Å². The zero-order valence-corrected chi connectivity index (χ0v) is 9.94. The molecule has 1 amide bonds. The third-order valence-electron chi connectivity index (χ3n) is 2.65. The van der Waals surface area contributed by atoms with E-state index < -0.39 is 0 Å². The van der Waals surface area contributed by atoms with E-state index in [0.29, 0.717) is 16.8 Å². The highest BCUT2D eigenvalue weighted by atomic mass is 16.1. The molecule has 0 bridgehead atoms. The summed E-state index contributed by atoms with van der Waals surface area (Å²) in [7, 11) is 0. The predicted molar refractivity (Wildman–Crippen MR) is 70.4 cm³/mol. The molecule has 18 heavy (non-hydrogen) atoms. The lowest BCUT2D eigenvalue weighted by Crippen LogP contribution is -2.13. The molecule has 1 N–H and O–H groups in total. The van der Waals surface area contributed by atoms with E-state index in [1.807, 2.05) is 25.1 Å². The van der Waals surface area contributed by atoms with Crippen LogP contribution in [-0.2, 0) is 4.79 Å². The van der Waals surface area contributed by atoms with Crippen LogP contribution < -0.4 is 5.32 Å². The lowest BCUT2D eigenvalue weighted by Gasteiger charge is -2.07. The summed E-state index contributed by atoms with van der Waals surface area (Å²) in [6, 6.07) is 14.0. The molecule has 0 saturated carbocycles. The molecule has 2 aromatic rings. The summed E-state index contributed by atoms with van der Waals surface area (Å²) in [5.41, 5.74) is 2.68. The average molecular weight is 238 g/mol. The minimum absolute atomic E-state index is 0.157. The summed E-state index contributed by atoms with van der Waals surface area (Å²) in [4.78, 5) is 22.4. The molecule has 0 aliphatic heterocycles. The second-order valence-corrected chi connectivity index (χ2v) is 3.95. The van der Waals surface area contributed by atoms with Gasteiger partial charge in [-0.15, -0.1) is 0 Å². The second kappa shape index (κ2) is 5.27. The Hall–Kier alpha value is -2.42. The molecule has 2 rings (SSSR count). The van der Waals surface area contributed by atoms with Crippen LogP contribution in [-0.4, -0.2) is 12.2 Å². The van der Waals surface area contributed by atoms with Crippen LogP contribution in [0.15, 0.2) is 48.5 Å². The molecule has 0 spiro atoms. The highest BCUT2D eigenvalue weighted by molar-refractivity contribution is 6.05. The van der Waals surface area contributed by atoms with Gasteiger partial charge in [-0.1, -0.05) is 18.2 Å². The fourth-order valence-electron chi connectivity index (χ4n) is 1.65. The van der Waals surface area contributed by atoms with Gasteiger partial charge in [0.2, 0.25) is 6.29 Å². The summed E-state index contributed by atoms with van der Waals surface area (Å²) in [5, 5.41) is 2.78. The largest absolute Gasteiger partial charge is 0.322 e. The standard InChI is InChI=1S/C15H12NO2/c1-11-4-2-3-5-14(11)15(18)16-13-8-6-12(10-17)7-9-13/h2-9H,1H3,(H,16,18). The van der Waals surface area contributed by atoms with Crippen molar-refractivity contribution in [3.8, 4) is 0 Å². The van der Waals surface area contributed by atoms with Crippen molar-refractivity contribution < 1.29 is 9.59 Å². The molecule has 3 nitrogen and oxygen atoms in total. The molecule has 0 aliphatic rings. The zero-order valence-electron chi connectivity index (χ0n) is 9.94. The Kier molecular flexibility index (Phi) is 3.53. The molecule has 0 atom stereocenters. The van der Waals surface area contributed by atoms with E-state index in [9.17, 15) is 9.59 Å². The second-order valence-electron chi connectivity index (χ2n) is 3.95. The quantitative estimate of drug-likeness (QED) is 0.893. The van der Waals surface area contributed by atoms with Gasteiger partial charge in [0.1, 0.15) is 0 Å². The lowest BCUT2D eigenvalue weighted by molar-refractivity contribution is 0.102. The summed E-state index contributed by atoms with van der Waals surface area (Å²) in [6.45, 7) is 1.89. The number of hydrogen-bond donors (Lipinski definition) is 1. The first-order valence-corrected chi connectivity index (χ1v) is 5.56. The van der Waals surface area contributed by atoms with E-state index in [-0.39, 0.29) is 5.91 Å². The third-order valence-corrected chi connectivity index (χ3v) is 2.65. The number of rotatable bonds is 3. The maximum Gasteiger partial charge on any atom is 0.255 e. The minimum atomic E-state index is -0.157.